The monoisotopic (exact) mass is 305 g/mol. The topological polar surface area (TPSA) is 47.0 Å². The van der Waals surface area contributed by atoms with Crippen LogP contribution in [-0.4, -0.2) is 17.1 Å². The molecular weight excluding hydrogens is 286 g/mol. The molecule has 2 aromatic carbocycles. The maximum Gasteiger partial charge on any atom is 0.137 e. The Bertz CT molecular complexity index is 843. The number of benzene rings is 2. The van der Waals surface area contributed by atoms with Crippen molar-refractivity contribution in [1.82, 2.24) is 9.97 Å². The van der Waals surface area contributed by atoms with Crippen molar-refractivity contribution in [3.05, 3.63) is 59.9 Å². The van der Waals surface area contributed by atoms with Gasteiger partial charge in [-0.25, -0.2) is 9.97 Å². The summed E-state index contributed by atoms with van der Waals surface area (Å²) in [6.45, 7) is 0.676. The number of fused-ring (bicyclic) bond motifs is 1. The summed E-state index contributed by atoms with van der Waals surface area (Å²) in [6.07, 6.45) is 2.40. The van der Waals surface area contributed by atoms with Gasteiger partial charge in [0.2, 0.25) is 0 Å². The van der Waals surface area contributed by atoms with Crippen LogP contribution in [0.5, 0.6) is 5.75 Å². The molecule has 4 nitrogen and oxygen atoms in total. The van der Waals surface area contributed by atoms with E-state index in [9.17, 15) is 0 Å². The van der Waals surface area contributed by atoms with E-state index in [1.54, 1.807) is 7.11 Å². The third-order valence-electron chi connectivity index (χ3n) is 4.20. The zero-order valence-electron chi connectivity index (χ0n) is 13.1. The molecule has 0 radical (unpaired) electrons. The highest BCUT2D eigenvalue weighted by atomic mass is 16.5. The molecule has 1 aliphatic carbocycles. The number of para-hydroxylation sites is 2. The van der Waals surface area contributed by atoms with Crippen LogP contribution in [0.4, 0.5) is 5.82 Å². The standard InChI is InChI=1S/C19H19N3O/c1-23-17-9-5-2-6-14(17)12-20-19-15-7-3-4-8-16(15)21-18(22-19)13-10-11-13/h2-9,13H,10-12H2,1H3,(H,20,21,22). The Hall–Kier alpha value is -2.62. The quantitative estimate of drug-likeness (QED) is 0.770. The lowest BCUT2D eigenvalue weighted by atomic mass is 10.2. The molecular formula is C19H19N3O. The Morgan fingerprint density at radius 2 is 1.83 bits per heavy atom. The second-order valence-electron chi connectivity index (χ2n) is 5.89. The molecule has 1 fully saturated rings. The van der Waals surface area contributed by atoms with Crippen LogP contribution in [0.1, 0.15) is 30.1 Å². The minimum atomic E-state index is 0.534. The Kier molecular flexibility index (Phi) is 3.58. The number of hydrogen-bond acceptors (Lipinski definition) is 4. The van der Waals surface area contributed by atoms with Gasteiger partial charge < -0.3 is 10.1 Å². The summed E-state index contributed by atoms with van der Waals surface area (Å²) in [6, 6.07) is 16.2. The van der Waals surface area contributed by atoms with Crippen molar-refractivity contribution in [2.24, 2.45) is 0 Å². The number of hydrogen-bond donors (Lipinski definition) is 1. The van der Waals surface area contributed by atoms with E-state index < -0.39 is 0 Å². The van der Waals surface area contributed by atoms with Crippen molar-refractivity contribution in [1.29, 1.82) is 0 Å². The predicted molar refractivity (Wildman–Crippen MR) is 91.8 cm³/mol. The van der Waals surface area contributed by atoms with Gasteiger partial charge in [-0.1, -0.05) is 30.3 Å². The first-order valence-corrected chi connectivity index (χ1v) is 7.97. The van der Waals surface area contributed by atoms with Gasteiger partial charge in [0, 0.05) is 23.4 Å². The van der Waals surface area contributed by atoms with Crippen molar-refractivity contribution < 1.29 is 4.74 Å². The summed E-state index contributed by atoms with van der Waals surface area (Å²) in [5, 5.41) is 4.53. The molecule has 1 aliphatic rings. The number of nitrogens with zero attached hydrogens (tertiary/aromatic N) is 2. The highest BCUT2D eigenvalue weighted by Gasteiger charge is 2.27. The van der Waals surface area contributed by atoms with Crippen molar-refractivity contribution >= 4 is 16.7 Å². The number of rotatable bonds is 5. The highest BCUT2D eigenvalue weighted by Crippen LogP contribution is 2.39. The van der Waals surface area contributed by atoms with Crippen LogP contribution in [0.15, 0.2) is 48.5 Å². The van der Waals surface area contributed by atoms with E-state index in [4.69, 9.17) is 14.7 Å². The summed E-state index contributed by atoms with van der Waals surface area (Å²) < 4.78 is 5.42. The zero-order valence-corrected chi connectivity index (χ0v) is 13.1. The summed E-state index contributed by atoms with van der Waals surface area (Å²) in [5.74, 6) is 3.29. The molecule has 0 spiro atoms. The van der Waals surface area contributed by atoms with Gasteiger partial charge in [-0.15, -0.1) is 0 Å². The van der Waals surface area contributed by atoms with Gasteiger partial charge in [0.15, 0.2) is 0 Å². The molecule has 0 aliphatic heterocycles. The molecule has 0 amide bonds. The first-order valence-electron chi connectivity index (χ1n) is 7.97. The number of aromatic nitrogens is 2. The average molecular weight is 305 g/mol. The molecule has 1 aromatic heterocycles. The van der Waals surface area contributed by atoms with Crippen LogP contribution in [-0.2, 0) is 6.54 Å². The third kappa shape index (κ3) is 2.84. The fraction of sp³-hybridized carbons (Fsp3) is 0.263. The minimum absolute atomic E-state index is 0.534. The van der Waals surface area contributed by atoms with Crippen molar-refractivity contribution in [2.45, 2.75) is 25.3 Å². The third-order valence-corrected chi connectivity index (χ3v) is 4.20. The van der Waals surface area contributed by atoms with E-state index >= 15 is 0 Å². The second kappa shape index (κ2) is 5.88. The molecule has 23 heavy (non-hydrogen) atoms. The van der Waals surface area contributed by atoms with Crippen molar-refractivity contribution in [3.63, 3.8) is 0 Å². The van der Waals surface area contributed by atoms with Gasteiger partial charge in [0.1, 0.15) is 17.4 Å². The maximum atomic E-state index is 5.42. The molecule has 4 heteroatoms. The fourth-order valence-corrected chi connectivity index (χ4v) is 2.78. The lowest BCUT2D eigenvalue weighted by molar-refractivity contribution is 0.410. The summed E-state index contributed by atoms with van der Waals surface area (Å²) in [7, 11) is 1.70. The summed E-state index contributed by atoms with van der Waals surface area (Å²) in [5.41, 5.74) is 2.12. The number of nitrogens with one attached hydrogen (secondary N) is 1. The van der Waals surface area contributed by atoms with E-state index in [1.165, 1.54) is 12.8 Å². The molecule has 0 unspecified atom stereocenters. The average Bonchev–Trinajstić information content (AvgIpc) is 3.45. The zero-order chi connectivity index (χ0) is 15.6. The second-order valence-corrected chi connectivity index (χ2v) is 5.89. The van der Waals surface area contributed by atoms with Crippen molar-refractivity contribution in [3.8, 4) is 5.75 Å². The maximum absolute atomic E-state index is 5.42. The van der Waals surface area contributed by atoms with Gasteiger partial charge in [-0.3, -0.25) is 0 Å². The summed E-state index contributed by atoms with van der Waals surface area (Å²) >= 11 is 0. The SMILES string of the molecule is COc1ccccc1CNc1nc(C2CC2)nc2ccccc12. The lowest BCUT2D eigenvalue weighted by Crippen LogP contribution is -2.06. The van der Waals surface area contributed by atoms with E-state index in [0.29, 0.717) is 12.5 Å². The molecule has 0 saturated heterocycles. The van der Waals surface area contributed by atoms with Gasteiger partial charge in [0.05, 0.1) is 12.6 Å². The Balaban J connectivity index is 1.67. The van der Waals surface area contributed by atoms with E-state index in [1.807, 2.05) is 30.3 Å². The predicted octanol–water partition coefficient (Wildman–Crippen LogP) is 4.13. The van der Waals surface area contributed by atoms with Gasteiger partial charge >= 0.3 is 0 Å². The highest BCUT2D eigenvalue weighted by molar-refractivity contribution is 5.89. The largest absolute Gasteiger partial charge is 0.496 e. The van der Waals surface area contributed by atoms with E-state index in [0.717, 1.165) is 33.9 Å². The molecule has 0 bridgehead atoms. The van der Waals surface area contributed by atoms with E-state index in [-0.39, 0.29) is 0 Å². The van der Waals surface area contributed by atoms with Crippen molar-refractivity contribution in [2.75, 3.05) is 12.4 Å². The van der Waals surface area contributed by atoms with E-state index in [2.05, 4.69) is 23.5 Å². The molecule has 116 valence electrons. The van der Waals surface area contributed by atoms with Crippen LogP contribution in [0.3, 0.4) is 0 Å². The van der Waals surface area contributed by atoms with Gasteiger partial charge in [0.25, 0.3) is 0 Å². The van der Waals surface area contributed by atoms with Gasteiger partial charge in [-0.05, 0) is 31.0 Å². The Morgan fingerprint density at radius 3 is 2.65 bits per heavy atom. The molecule has 1 saturated carbocycles. The lowest BCUT2D eigenvalue weighted by Gasteiger charge is -2.12. The summed E-state index contributed by atoms with van der Waals surface area (Å²) in [4.78, 5) is 9.48. The number of ether oxygens (including phenoxy) is 1. The smallest absolute Gasteiger partial charge is 0.137 e. The van der Waals surface area contributed by atoms with Crippen LogP contribution in [0.2, 0.25) is 0 Å². The number of anilines is 1. The van der Waals surface area contributed by atoms with Crippen LogP contribution >= 0.6 is 0 Å². The molecule has 3 aromatic rings. The minimum Gasteiger partial charge on any atom is -0.496 e. The molecule has 1 heterocycles. The fourth-order valence-electron chi connectivity index (χ4n) is 2.78. The normalized spacial score (nSPS) is 14.0. The first-order chi connectivity index (χ1) is 11.3. The molecule has 0 atom stereocenters. The first kappa shape index (κ1) is 14.0. The van der Waals surface area contributed by atoms with Gasteiger partial charge in [-0.2, -0.15) is 0 Å². The Labute approximate surface area is 135 Å². The van der Waals surface area contributed by atoms with Crippen LogP contribution in [0.25, 0.3) is 10.9 Å². The van der Waals surface area contributed by atoms with Crippen LogP contribution in [0, 0.1) is 0 Å². The molecule has 1 N–H and O–H groups in total. The van der Waals surface area contributed by atoms with Crippen LogP contribution < -0.4 is 10.1 Å². The Morgan fingerprint density at radius 1 is 1.04 bits per heavy atom. The molecule has 4 rings (SSSR count). The number of methoxy groups -OCH3 is 1.